The van der Waals surface area contributed by atoms with Crippen LogP contribution in [-0.4, -0.2) is 23.2 Å². The molecule has 0 aliphatic carbocycles. The van der Waals surface area contributed by atoms with Gasteiger partial charge in [0.25, 0.3) is 0 Å². The van der Waals surface area contributed by atoms with Gasteiger partial charge in [-0.3, -0.25) is 0 Å². The summed E-state index contributed by atoms with van der Waals surface area (Å²) in [4.78, 5) is 7.38. The van der Waals surface area contributed by atoms with Crippen LogP contribution in [0.15, 0.2) is 24.5 Å². The highest BCUT2D eigenvalue weighted by molar-refractivity contribution is 5.78. The van der Waals surface area contributed by atoms with Crippen LogP contribution in [0, 0.1) is 0 Å². The Morgan fingerprint density at radius 1 is 1.43 bits per heavy atom. The summed E-state index contributed by atoms with van der Waals surface area (Å²) >= 11 is 0. The minimum Gasteiger partial charge on any atom is -0.381 e. The number of fused-ring (bicyclic) bond motifs is 1. The molecule has 0 aliphatic heterocycles. The van der Waals surface area contributed by atoms with Crippen LogP contribution >= 0.6 is 0 Å². The third-order valence-corrected chi connectivity index (χ3v) is 2.25. The van der Waals surface area contributed by atoms with Crippen LogP contribution in [0.1, 0.15) is 12.5 Å². The van der Waals surface area contributed by atoms with Gasteiger partial charge in [-0.2, -0.15) is 0 Å². The van der Waals surface area contributed by atoms with E-state index in [1.807, 2.05) is 19.1 Å². The lowest BCUT2D eigenvalue weighted by molar-refractivity contribution is 0.151. The van der Waals surface area contributed by atoms with Crippen molar-refractivity contribution in [2.75, 3.05) is 13.2 Å². The smallest absolute Gasteiger partial charge is 0.0931 e. The normalized spacial score (nSPS) is 10.9. The first-order valence-electron chi connectivity index (χ1n) is 4.90. The molecule has 3 nitrogen and oxygen atoms in total. The van der Waals surface area contributed by atoms with Crippen molar-refractivity contribution in [3.63, 3.8) is 0 Å². The highest BCUT2D eigenvalue weighted by Gasteiger charge is 2.01. The topological polar surface area (TPSA) is 37.9 Å². The van der Waals surface area contributed by atoms with E-state index in [1.54, 1.807) is 6.33 Å². The van der Waals surface area contributed by atoms with Crippen LogP contribution in [0.5, 0.6) is 0 Å². The predicted octanol–water partition coefficient (Wildman–Crippen LogP) is 2.14. The van der Waals surface area contributed by atoms with Gasteiger partial charge in [0, 0.05) is 6.61 Å². The molecule has 0 atom stereocenters. The summed E-state index contributed by atoms with van der Waals surface area (Å²) in [6.07, 6.45) is 2.66. The van der Waals surface area contributed by atoms with Gasteiger partial charge < -0.3 is 9.72 Å². The number of nitrogens with one attached hydrogen (secondary N) is 1. The first kappa shape index (κ1) is 9.21. The van der Waals surface area contributed by atoms with Crippen molar-refractivity contribution >= 4 is 11.0 Å². The average molecular weight is 190 g/mol. The maximum absolute atomic E-state index is 5.32. The van der Waals surface area contributed by atoms with Crippen LogP contribution in [0.4, 0.5) is 0 Å². The summed E-state index contributed by atoms with van der Waals surface area (Å²) in [5.41, 5.74) is 3.41. The maximum Gasteiger partial charge on any atom is 0.0931 e. The van der Waals surface area contributed by atoms with E-state index in [1.165, 1.54) is 5.56 Å². The first-order valence-corrected chi connectivity index (χ1v) is 4.90. The summed E-state index contributed by atoms with van der Waals surface area (Å²) < 4.78 is 5.32. The Balaban J connectivity index is 2.19. The molecule has 1 aromatic heterocycles. The van der Waals surface area contributed by atoms with Gasteiger partial charge in [0.15, 0.2) is 0 Å². The summed E-state index contributed by atoms with van der Waals surface area (Å²) in [6.45, 7) is 3.55. The lowest BCUT2D eigenvalue weighted by Gasteiger charge is -2.02. The van der Waals surface area contributed by atoms with Crippen molar-refractivity contribution in [3.8, 4) is 0 Å². The van der Waals surface area contributed by atoms with E-state index in [0.717, 1.165) is 30.7 Å². The van der Waals surface area contributed by atoms with Crippen LogP contribution < -0.4 is 0 Å². The fourth-order valence-electron chi connectivity index (χ4n) is 1.55. The summed E-state index contributed by atoms with van der Waals surface area (Å²) in [5, 5.41) is 0. The number of aromatic amines is 1. The van der Waals surface area contributed by atoms with E-state index in [9.17, 15) is 0 Å². The molecule has 0 unspecified atom stereocenters. The van der Waals surface area contributed by atoms with Gasteiger partial charge in [-0.05, 0) is 25.0 Å². The zero-order valence-corrected chi connectivity index (χ0v) is 8.29. The first-order chi connectivity index (χ1) is 6.92. The Hall–Kier alpha value is -1.35. The Morgan fingerprint density at radius 2 is 2.36 bits per heavy atom. The molecule has 0 radical (unpaired) electrons. The zero-order valence-electron chi connectivity index (χ0n) is 8.29. The van der Waals surface area contributed by atoms with E-state index in [-0.39, 0.29) is 0 Å². The van der Waals surface area contributed by atoms with E-state index in [0.29, 0.717) is 0 Å². The number of para-hydroxylation sites is 1. The highest BCUT2D eigenvalue weighted by Crippen LogP contribution is 2.14. The second-order valence-electron chi connectivity index (χ2n) is 3.16. The summed E-state index contributed by atoms with van der Waals surface area (Å²) in [7, 11) is 0. The highest BCUT2D eigenvalue weighted by atomic mass is 16.5. The van der Waals surface area contributed by atoms with E-state index < -0.39 is 0 Å². The fourth-order valence-corrected chi connectivity index (χ4v) is 1.55. The molecule has 1 heterocycles. The second kappa shape index (κ2) is 4.24. The van der Waals surface area contributed by atoms with Crippen molar-refractivity contribution in [2.24, 2.45) is 0 Å². The molecule has 0 saturated heterocycles. The number of H-pyrrole nitrogens is 1. The molecule has 74 valence electrons. The van der Waals surface area contributed by atoms with Gasteiger partial charge in [0.05, 0.1) is 24.0 Å². The van der Waals surface area contributed by atoms with Gasteiger partial charge >= 0.3 is 0 Å². The van der Waals surface area contributed by atoms with Gasteiger partial charge in [-0.25, -0.2) is 4.98 Å². The number of imidazole rings is 1. The standard InChI is InChI=1S/C11H14N2O/c1-2-14-7-6-9-4-3-5-10-11(9)13-8-12-10/h3-5,8H,2,6-7H2,1H3,(H,12,13). The van der Waals surface area contributed by atoms with Crippen LogP contribution in [0.25, 0.3) is 11.0 Å². The summed E-state index contributed by atoms with van der Waals surface area (Å²) in [6, 6.07) is 6.18. The minimum atomic E-state index is 0.766. The molecule has 1 aromatic carbocycles. The number of hydrogen-bond donors (Lipinski definition) is 1. The Bertz CT molecular complexity index is 408. The predicted molar refractivity (Wildman–Crippen MR) is 56.3 cm³/mol. The van der Waals surface area contributed by atoms with E-state index in [4.69, 9.17) is 4.74 Å². The Morgan fingerprint density at radius 3 is 3.21 bits per heavy atom. The van der Waals surface area contributed by atoms with Gasteiger partial charge in [-0.15, -0.1) is 0 Å². The van der Waals surface area contributed by atoms with Crippen molar-refractivity contribution in [1.82, 2.24) is 9.97 Å². The minimum absolute atomic E-state index is 0.766. The molecule has 3 heteroatoms. The fraction of sp³-hybridized carbons (Fsp3) is 0.364. The molecule has 0 amide bonds. The van der Waals surface area contributed by atoms with Gasteiger partial charge in [-0.1, -0.05) is 12.1 Å². The SMILES string of the molecule is CCOCCc1cccc2[nH]cnc12. The van der Waals surface area contributed by atoms with Gasteiger partial charge in [0.1, 0.15) is 0 Å². The number of ether oxygens (including phenoxy) is 1. The molecule has 0 spiro atoms. The lowest BCUT2D eigenvalue weighted by Crippen LogP contribution is -1.98. The number of hydrogen-bond acceptors (Lipinski definition) is 2. The third-order valence-electron chi connectivity index (χ3n) is 2.25. The molecule has 0 aliphatic rings. The molecule has 1 N–H and O–H groups in total. The van der Waals surface area contributed by atoms with Crippen LogP contribution in [0.3, 0.4) is 0 Å². The number of rotatable bonds is 4. The monoisotopic (exact) mass is 190 g/mol. The quantitative estimate of drug-likeness (QED) is 0.750. The molecular formula is C11H14N2O. The molecule has 0 fully saturated rings. The maximum atomic E-state index is 5.32. The van der Waals surface area contributed by atoms with E-state index in [2.05, 4.69) is 16.0 Å². The molecular weight excluding hydrogens is 176 g/mol. The summed E-state index contributed by atoms with van der Waals surface area (Å²) in [5.74, 6) is 0. The molecule has 0 bridgehead atoms. The second-order valence-corrected chi connectivity index (χ2v) is 3.16. The van der Waals surface area contributed by atoms with E-state index >= 15 is 0 Å². The van der Waals surface area contributed by atoms with Crippen molar-refractivity contribution in [2.45, 2.75) is 13.3 Å². The van der Waals surface area contributed by atoms with Gasteiger partial charge in [0.2, 0.25) is 0 Å². The average Bonchev–Trinajstić information content (AvgIpc) is 2.67. The number of aromatic nitrogens is 2. The van der Waals surface area contributed by atoms with Crippen LogP contribution in [-0.2, 0) is 11.2 Å². The molecule has 0 saturated carbocycles. The van der Waals surface area contributed by atoms with Crippen molar-refractivity contribution < 1.29 is 4.74 Å². The molecule has 14 heavy (non-hydrogen) atoms. The molecule has 2 rings (SSSR count). The molecule has 2 aromatic rings. The number of benzene rings is 1. The zero-order chi connectivity index (χ0) is 9.80. The third kappa shape index (κ3) is 1.77. The number of nitrogens with zero attached hydrogens (tertiary/aromatic N) is 1. The largest absolute Gasteiger partial charge is 0.381 e. The van der Waals surface area contributed by atoms with Crippen LogP contribution in [0.2, 0.25) is 0 Å². The lowest BCUT2D eigenvalue weighted by atomic mass is 10.1. The Kier molecular flexibility index (Phi) is 2.79. The Labute approximate surface area is 83.1 Å². The van der Waals surface area contributed by atoms with Crippen molar-refractivity contribution in [3.05, 3.63) is 30.1 Å². The van der Waals surface area contributed by atoms with Crippen molar-refractivity contribution in [1.29, 1.82) is 0 Å².